The SMILES string of the molecule is CCN(CC)CCCOc1ccc(C(C)NCC2CCCN2CC)cc1. The monoisotopic (exact) mass is 361 g/mol. The van der Waals surface area contributed by atoms with Crippen molar-refractivity contribution >= 4 is 0 Å². The molecule has 1 N–H and O–H groups in total. The third-order valence-corrected chi connectivity index (χ3v) is 5.73. The summed E-state index contributed by atoms with van der Waals surface area (Å²) in [5.41, 5.74) is 1.33. The number of nitrogens with one attached hydrogen (secondary N) is 1. The second-order valence-corrected chi connectivity index (χ2v) is 7.35. The second-order valence-electron chi connectivity index (χ2n) is 7.35. The number of hydrogen-bond acceptors (Lipinski definition) is 4. The summed E-state index contributed by atoms with van der Waals surface area (Å²) in [6.45, 7) is 16.6. The molecule has 1 aliphatic heterocycles. The van der Waals surface area contributed by atoms with Crippen LogP contribution in [-0.4, -0.2) is 61.7 Å². The lowest BCUT2D eigenvalue weighted by molar-refractivity contribution is 0.249. The van der Waals surface area contributed by atoms with E-state index in [1.807, 2.05) is 0 Å². The zero-order valence-electron chi connectivity index (χ0n) is 17.3. The molecule has 2 unspecified atom stereocenters. The van der Waals surface area contributed by atoms with E-state index in [0.717, 1.165) is 45.0 Å². The van der Waals surface area contributed by atoms with Gasteiger partial charge in [0.25, 0.3) is 0 Å². The van der Waals surface area contributed by atoms with E-state index in [0.29, 0.717) is 12.1 Å². The Morgan fingerprint density at radius 1 is 1.19 bits per heavy atom. The van der Waals surface area contributed by atoms with Gasteiger partial charge in [-0.15, -0.1) is 0 Å². The molecule has 1 saturated heterocycles. The van der Waals surface area contributed by atoms with E-state index in [-0.39, 0.29) is 0 Å². The first-order chi connectivity index (χ1) is 12.7. The van der Waals surface area contributed by atoms with Gasteiger partial charge in [-0.3, -0.25) is 4.90 Å². The van der Waals surface area contributed by atoms with Gasteiger partial charge < -0.3 is 15.0 Å². The van der Waals surface area contributed by atoms with E-state index in [9.17, 15) is 0 Å². The second kappa shape index (κ2) is 11.6. The highest BCUT2D eigenvalue weighted by molar-refractivity contribution is 5.29. The summed E-state index contributed by atoms with van der Waals surface area (Å²) in [6, 6.07) is 9.70. The molecule has 0 spiro atoms. The number of nitrogens with zero attached hydrogens (tertiary/aromatic N) is 2. The van der Waals surface area contributed by atoms with Gasteiger partial charge in [0.1, 0.15) is 5.75 Å². The van der Waals surface area contributed by atoms with Gasteiger partial charge in [0.2, 0.25) is 0 Å². The molecular weight excluding hydrogens is 322 g/mol. The van der Waals surface area contributed by atoms with Crippen molar-refractivity contribution in [2.24, 2.45) is 0 Å². The first-order valence-corrected chi connectivity index (χ1v) is 10.6. The van der Waals surface area contributed by atoms with Crippen molar-refractivity contribution in [1.82, 2.24) is 15.1 Å². The summed E-state index contributed by atoms with van der Waals surface area (Å²) in [7, 11) is 0. The van der Waals surface area contributed by atoms with Crippen LogP contribution in [0.5, 0.6) is 5.75 Å². The molecule has 4 heteroatoms. The summed E-state index contributed by atoms with van der Waals surface area (Å²) in [6.07, 6.45) is 3.75. The van der Waals surface area contributed by atoms with Crippen LogP contribution in [0.2, 0.25) is 0 Å². The topological polar surface area (TPSA) is 27.7 Å². The van der Waals surface area contributed by atoms with E-state index in [4.69, 9.17) is 4.74 Å². The Hall–Kier alpha value is -1.10. The molecule has 0 saturated carbocycles. The van der Waals surface area contributed by atoms with E-state index >= 15 is 0 Å². The van der Waals surface area contributed by atoms with E-state index < -0.39 is 0 Å². The Bertz CT molecular complexity index is 487. The third kappa shape index (κ3) is 6.57. The molecule has 0 radical (unpaired) electrons. The number of likely N-dealkylation sites (tertiary alicyclic amines) is 1. The maximum atomic E-state index is 5.90. The number of rotatable bonds is 12. The average Bonchev–Trinajstić information content (AvgIpc) is 3.14. The van der Waals surface area contributed by atoms with Crippen molar-refractivity contribution in [2.45, 2.75) is 59.0 Å². The molecule has 1 aromatic rings. The predicted molar refractivity (Wildman–Crippen MR) is 111 cm³/mol. The van der Waals surface area contributed by atoms with Gasteiger partial charge in [-0.1, -0.05) is 32.9 Å². The smallest absolute Gasteiger partial charge is 0.119 e. The molecule has 2 rings (SSSR count). The third-order valence-electron chi connectivity index (χ3n) is 5.73. The van der Waals surface area contributed by atoms with Gasteiger partial charge in [-0.25, -0.2) is 0 Å². The molecule has 0 amide bonds. The molecule has 2 atom stereocenters. The molecule has 0 aromatic heterocycles. The summed E-state index contributed by atoms with van der Waals surface area (Å²) < 4.78 is 5.90. The van der Waals surface area contributed by atoms with Crippen LogP contribution < -0.4 is 10.1 Å². The average molecular weight is 362 g/mol. The number of hydrogen-bond donors (Lipinski definition) is 1. The highest BCUT2D eigenvalue weighted by Crippen LogP contribution is 2.20. The molecule has 4 nitrogen and oxygen atoms in total. The lowest BCUT2D eigenvalue weighted by atomic mass is 10.1. The fourth-order valence-corrected chi connectivity index (χ4v) is 3.84. The van der Waals surface area contributed by atoms with Gasteiger partial charge >= 0.3 is 0 Å². The van der Waals surface area contributed by atoms with Crippen molar-refractivity contribution in [3.63, 3.8) is 0 Å². The lowest BCUT2D eigenvalue weighted by Crippen LogP contribution is -2.38. The van der Waals surface area contributed by atoms with Gasteiger partial charge in [0.05, 0.1) is 6.61 Å². The fraction of sp³-hybridized carbons (Fsp3) is 0.727. The minimum atomic E-state index is 0.381. The quantitative estimate of drug-likeness (QED) is 0.571. The summed E-state index contributed by atoms with van der Waals surface area (Å²) in [5.74, 6) is 0.980. The Labute approximate surface area is 160 Å². The zero-order valence-corrected chi connectivity index (χ0v) is 17.3. The van der Waals surface area contributed by atoms with Crippen molar-refractivity contribution in [2.75, 3.05) is 45.9 Å². The molecule has 148 valence electrons. The maximum Gasteiger partial charge on any atom is 0.119 e. The summed E-state index contributed by atoms with van der Waals surface area (Å²) >= 11 is 0. The molecule has 1 fully saturated rings. The minimum absolute atomic E-state index is 0.381. The minimum Gasteiger partial charge on any atom is -0.494 e. The van der Waals surface area contributed by atoms with Crippen molar-refractivity contribution in [1.29, 1.82) is 0 Å². The van der Waals surface area contributed by atoms with Crippen LogP contribution in [0.1, 0.15) is 58.6 Å². The summed E-state index contributed by atoms with van der Waals surface area (Å²) in [5, 5.41) is 3.71. The fourth-order valence-electron chi connectivity index (χ4n) is 3.84. The van der Waals surface area contributed by atoms with Crippen molar-refractivity contribution in [3.8, 4) is 5.75 Å². The van der Waals surface area contributed by atoms with E-state index in [1.54, 1.807) is 0 Å². The van der Waals surface area contributed by atoms with Crippen LogP contribution in [0, 0.1) is 0 Å². The molecule has 1 heterocycles. The standard InChI is InChI=1S/C22H39N3O/c1-5-24(6-2)15-9-17-26-22-13-11-20(12-14-22)19(4)23-18-21-10-8-16-25(21)7-3/h11-14,19,21,23H,5-10,15-18H2,1-4H3. The Balaban J connectivity index is 1.70. The van der Waals surface area contributed by atoms with Crippen molar-refractivity contribution < 1.29 is 4.74 Å². The van der Waals surface area contributed by atoms with Crippen LogP contribution in [0.4, 0.5) is 0 Å². The van der Waals surface area contributed by atoms with Crippen LogP contribution in [0.15, 0.2) is 24.3 Å². The predicted octanol–water partition coefficient (Wildman–Crippen LogP) is 3.93. The Morgan fingerprint density at radius 3 is 2.58 bits per heavy atom. The first-order valence-electron chi connectivity index (χ1n) is 10.6. The maximum absolute atomic E-state index is 5.90. The van der Waals surface area contributed by atoms with E-state index in [1.165, 1.54) is 31.5 Å². The largest absolute Gasteiger partial charge is 0.494 e. The zero-order chi connectivity index (χ0) is 18.8. The van der Waals surface area contributed by atoms with Crippen molar-refractivity contribution in [3.05, 3.63) is 29.8 Å². The lowest BCUT2D eigenvalue weighted by Gasteiger charge is -2.25. The van der Waals surface area contributed by atoms with Gasteiger partial charge in [0.15, 0.2) is 0 Å². The normalized spacial score (nSPS) is 19.2. The first kappa shape index (κ1) is 21.2. The summed E-state index contributed by atoms with van der Waals surface area (Å²) in [4.78, 5) is 5.03. The number of benzene rings is 1. The molecule has 26 heavy (non-hydrogen) atoms. The van der Waals surface area contributed by atoms with Gasteiger partial charge in [0, 0.05) is 25.2 Å². The molecular formula is C22H39N3O. The highest BCUT2D eigenvalue weighted by atomic mass is 16.5. The molecule has 1 aliphatic rings. The van der Waals surface area contributed by atoms with Crippen LogP contribution in [-0.2, 0) is 0 Å². The van der Waals surface area contributed by atoms with E-state index in [2.05, 4.69) is 67.1 Å². The van der Waals surface area contributed by atoms with Crippen LogP contribution in [0.25, 0.3) is 0 Å². The highest BCUT2D eigenvalue weighted by Gasteiger charge is 2.23. The molecule has 0 bridgehead atoms. The van der Waals surface area contributed by atoms with Crippen LogP contribution >= 0.6 is 0 Å². The molecule has 1 aromatic carbocycles. The Kier molecular flexibility index (Phi) is 9.44. The van der Waals surface area contributed by atoms with Gasteiger partial charge in [-0.2, -0.15) is 0 Å². The number of ether oxygens (including phenoxy) is 1. The Morgan fingerprint density at radius 2 is 1.92 bits per heavy atom. The van der Waals surface area contributed by atoms with Gasteiger partial charge in [-0.05, 0) is 70.1 Å². The van der Waals surface area contributed by atoms with Crippen LogP contribution in [0.3, 0.4) is 0 Å². The molecule has 0 aliphatic carbocycles. The number of likely N-dealkylation sites (N-methyl/N-ethyl adjacent to an activating group) is 1.